The molecule has 0 amide bonds. The smallest absolute Gasteiger partial charge is 0.217 e. The molecule has 0 aromatic carbocycles. The number of nitrogens with zero attached hydrogens (tertiary/aromatic N) is 1. The van der Waals surface area contributed by atoms with E-state index in [4.69, 9.17) is 4.74 Å². The highest BCUT2D eigenvalue weighted by molar-refractivity contribution is 9.10. The highest BCUT2D eigenvalue weighted by Crippen LogP contribution is 2.19. The molecule has 0 radical (unpaired) electrons. The van der Waals surface area contributed by atoms with E-state index in [1.54, 1.807) is 12.3 Å². The molecule has 1 aromatic rings. The molecule has 0 aliphatic heterocycles. The van der Waals surface area contributed by atoms with Crippen molar-refractivity contribution in [3.05, 3.63) is 22.3 Å². The van der Waals surface area contributed by atoms with E-state index in [2.05, 4.69) is 25.6 Å². The predicted octanol–water partition coefficient (Wildman–Crippen LogP) is 0.736. The Balaban J connectivity index is 2.82. The minimum Gasteiger partial charge on any atom is -0.760 e. The Labute approximate surface area is 92.4 Å². The van der Waals surface area contributed by atoms with E-state index in [1.807, 2.05) is 0 Å². The molecule has 1 N–H and O–H groups in total. The van der Waals surface area contributed by atoms with E-state index in [1.165, 1.54) is 7.11 Å². The molecule has 78 valence electrons. The zero-order valence-corrected chi connectivity index (χ0v) is 9.72. The monoisotopic (exact) mass is 279 g/mol. The minimum atomic E-state index is -2.28. The second-order valence-corrected chi connectivity index (χ2v) is 4.05. The molecule has 1 heterocycles. The first kappa shape index (κ1) is 11.6. The quantitative estimate of drug-likeness (QED) is 0.825. The molecule has 1 atom stereocenters. The summed E-state index contributed by atoms with van der Waals surface area (Å²) < 4.78 is 28.5. The SMILES string of the molecule is COc1ncc(Br)cc1CNS(=O)[O-]. The summed E-state index contributed by atoms with van der Waals surface area (Å²) in [5, 5.41) is 0. The van der Waals surface area contributed by atoms with Gasteiger partial charge < -0.3 is 9.29 Å². The average Bonchev–Trinajstić information content (AvgIpc) is 2.15. The number of ether oxygens (including phenoxy) is 1. The molecule has 14 heavy (non-hydrogen) atoms. The highest BCUT2D eigenvalue weighted by atomic mass is 79.9. The number of nitrogens with one attached hydrogen (secondary N) is 1. The van der Waals surface area contributed by atoms with Gasteiger partial charge in [-0.1, -0.05) is 0 Å². The molecule has 0 saturated heterocycles. The largest absolute Gasteiger partial charge is 0.760 e. The van der Waals surface area contributed by atoms with Crippen molar-refractivity contribution in [2.75, 3.05) is 7.11 Å². The summed E-state index contributed by atoms with van der Waals surface area (Å²) in [4.78, 5) is 3.96. The van der Waals surface area contributed by atoms with Crippen molar-refractivity contribution in [1.29, 1.82) is 0 Å². The van der Waals surface area contributed by atoms with Crippen molar-refractivity contribution in [3.8, 4) is 5.88 Å². The van der Waals surface area contributed by atoms with Gasteiger partial charge in [0.1, 0.15) is 0 Å². The van der Waals surface area contributed by atoms with Crippen molar-refractivity contribution >= 4 is 27.2 Å². The lowest BCUT2D eigenvalue weighted by molar-refractivity contribution is 0.391. The summed E-state index contributed by atoms with van der Waals surface area (Å²) in [7, 11) is 1.48. The molecule has 0 spiro atoms. The maximum Gasteiger partial charge on any atom is 0.217 e. The minimum absolute atomic E-state index is 0.158. The van der Waals surface area contributed by atoms with Crippen molar-refractivity contribution < 1.29 is 13.5 Å². The van der Waals surface area contributed by atoms with Gasteiger partial charge >= 0.3 is 0 Å². The predicted molar refractivity (Wildman–Crippen MR) is 54.2 cm³/mol. The summed E-state index contributed by atoms with van der Waals surface area (Å²) in [5.41, 5.74) is 0.672. The zero-order chi connectivity index (χ0) is 10.6. The van der Waals surface area contributed by atoms with Crippen LogP contribution < -0.4 is 9.46 Å². The van der Waals surface area contributed by atoms with Gasteiger partial charge in [-0.15, -0.1) is 0 Å². The third-order valence-corrected chi connectivity index (χ3v) is 2.28. The summed E-state index contributed by atoms with van der Waals surface area (Å²) in [6.07, 6.45) is 1.58. The standard InChI is InChI=1S/C7H9BrN2O3S/c1-13-7-5(3-10-14(11)12)2-6(8)4-9-7/h2,4,10H,3H2,1H3,(H,11,12)/p-1. The molecule has 5 nitrogen and oxygen atoms in total. The van der Waals surface area contributed by atoms with Gasteiger partial charge in [0.05, 0.1) is 7.11 Å². The molecular weight excluding hydrogens is 272 g/mol. The van der Waals surface area contributed by atoms with Crippen LogP contribution in [0.25, 0.3) is 0 Å². The third-order valence-electron chi connectivity index (χ3n) is 1.47. The molecule has 1 rings (SSSR count). The first-order valence-corrected chi connectivity index (χ1v) is 5.51. The van der Waals surface area contributed by atoms with Gasteiger partial charge in [0.2, 0.25) is 5.88 Å². The van der Waals surface area contributed by atoms with Crippen LogP contribution in [0.1, 0.15) is 5.56 Å². The van der Waals surface area contributed by atoms with E-state index in [-0.39, 0.29) is 6.54 Å². The van der Waals surface area contributed by atoms with Crippen LogP contribution >= 0.6 is 15.9 Å². The van der Waals surface area contributed by atoms with Gasteiger partial charge in [-0.3, -0.25) is 4.21 Å². The van der Waals surface area contributed by atoms with Crippen LogP contribution in [0.15, 0.2) is 16.7 Å². The Hall–Kier alpha value is -0.500. The molecule has 1 unspecified atom stereocenters. The molecular formula is C7H8BrN2O3S-. The van der Waals surface area contributed by atoms with Crippen LogP contribution in [0, 0.1) is 0 Å². The first-order chi connectivity index (χ1) is 6.63. The third kappa shape index (κ3) is 3.33. The summed E-state index contributed by atoms with van der Waals surface area (Å²) in [6.45, 7) is 0.158. The lowest BCUT2D eigenvalue weighted by Gasteiger charge is -2.10. The number of aromatic nitrogens is 1. The number of pyridine rings is 1. The van der Waals surface area contributed by atoms with E-state index >= 15 is 0 Å². The molecule has 7 heteroatoms. The molecule has 1 aromatic heterocycles. The van der Waals surface area contributed by atoms with Gasteiger partial charge in [-0.25, -0.2) is 9.71 Å². The first-order valence-electron chi connectivity index (χ1n) is 3.64. The van der Waals surface area contributed by atoms with Crippen molar-refractivity contribution in [2.45, 2.75) is 6.54 Å². The summed E-state index contributed by atoms with van der Waals surface area (Å²) >= 11 is 0.951. The Kier molecular flexibility index (Phi) is 4.46. The summed E-state index contributed by atoms with van der Waals surface area (Å²) in [6, 6.07) is 1.74. The van der Waals surface area contributed by atoms with Gasteiger partial charge in [-0.05, 0) is 22.0 Å². The average molecular weight is 280 g/mol. The number of rotatable bonds is 4. The lowest BCUT2D eigenvalue weighted by Crippen LogP contribution is -2.16. The number of halogens is 1. The van der Waals surface area contributed by atoms with Crippen LogP contribution in [-0.2, 0) is 17.8 Å². The van der Waals surface area contributed by atoms with Crippen molar-refractivity contribution in [1.82, 2.24) is 9.71 Å². The van der Waals surface area contributed by atoms with Gasteiger partial charge in [0.25, 0.3) is 0 Å². The van der Waals surface area contributed by atoms with Gasteiger partial charge in [-0.2, -0.15) is 0 Å². The Morgan fingerprint density at radius 3 is 3.07 bits per heavy atom. The fourth-order valence-electron chi connectivity index (χ4n) is 0.916. The molecule has 0 aliphatic carbocycles. The lowest BCUT2D eigenvalue weighted by atomic mass is 10.3. The van der Waals surface area contributed by atoms with Crippen LogP contribution in [0.5, 0.6) is 5.88 Å². The maximum absolute atomic E-state index is 10.3. The number of methoxy groups -OCH3 is 1. The van der Waals surface area contributed by atoms with E-state index in [9.17, 15) is 8.76 Å². The van der Waals surface area contributed by atoms with E-state index in [0.29, 0.717) is 11.4 Å². The van der Waals surface area contributed by atoms with Crippen molar-refractivity contribution in [3.63, 3.8) is 0 Å². The van der Waals surface area contributed by atoms with Crippen LogP contribution in [0.3, 0.4) is 0 Å². The molecule has 0 fully saturated rings. The molecule has 0 saturated carbocycles. The van der Waals surface area contributed by atoms with Crippen LogP contribution in [0.2, 0.25) is 0 Å². The fourth-order valence-corrected chi connectivity index (χ4v) is 1.57. The highest BCUT2D eigenvalue weighted by Gasteiger charge is 2.04. The zero-order valence-electron chi connectivity index (χ0n) is 7.32. The summed E-state index contributed by atoms with van der Waals surface area (Å²) in [5.74, 6) is 0.408. The normalized spacial score (nSPS) is 12.5. The van der Waals surface area contributed by atoms with Gasteiger partial charge in [0, 0.05) is 34.0 Å². The number of hydrogen-bond donors (Lipinski definition) is 1. The maximum atomic E-state index is 10.3. The Bertz CT molecular complexity index is 348. The van der Waals surface area contributed by atoms with Crippen molar-refractivity contribution in [2.24, 2.45) is 0 Å². The number of hydrogen-bond acceptors (Lipinski definition) is 4. The molecule has 0 aliphatic rings. The Morgan fingerprint density at radius 1 is 1.79 bits per heavy atom. The second kappa shape index (κ2) is 5.40. The van der Waals surface area contributed by atoms with Crippen LogP contribution in [-0.4, -0.2) is 20.9 Å². The Morgan fingerprint density at radius 2 is 2.50 bits per heavy atom. The fraction of sp³-hybridized carbons (Fsp3) is 0.286. The van der Waals surface area contributed by atoms with E-state index < -0.39 is 11.3 Å². The van der Waals surface area contributed by atoms with Gasteiger partial charge in [0.15, 0.2) is 0 Å². The second-order valence-electron chi connectivity index (χ2n) is 2.38. The van der Waals surface area contributed by atoms with E-state index in [0.717, 1.165) is 4.47 Å². The topological polar surface area (TPSA) is 74.3 Å². The van der Waals surface area contributed by atoms with Crippen LogP contribution in [0.4, 0.5) is 0 Å². The molecule has 0 bridgehead atoms.